The molecule has 0 aromatic carbocycles. The minimum Gasteiger partial charge on any atom is -0.475 e. The van der Waals surface area contributed by atoms with Gasteiger partial charge in [-0.2, -0.15) is 9.97 Å². The molecule has 0 amide bonds. The molecule has 1 aromatic rings. The van der Waals surface area contributed by atoms with E-state index in [2.05, 4.69) is 20.6 Å². The first-order valence-corrected chi connectivity index (χ1v) is 5.13. The van der Waals surface area contributed by atoms with Gasteiger partial charge in [0.1, 0.15) is 12.3 Å². The van der Waals surface area contributed by atoms with Crippen molar-refractivity contribution in [2.75, 3.05) is 43.5 Å². The van der Waals surface area contributed by atoms with Crippen LogP contribution >= 0.6 is 0 Å². The van der Waals surface area contributed by atoms with Crippen LogP contribution in [0.1, 0.15) is 6.92 Å². The molecule has 1 heterocycles. The highest BCUT2D eigenvalue weighted by atomic mass is 16.5. The third kappa shape index (κ3) is 3.13. The molecule has 0 bridgehead atoms. The molecular formula is C9H18N6O. The van der Waals surface area contributed by atoms with E-state index in [0.29, 0.717) is 18.4 Å². The fourth-order valence-electron chi connectivity index (χ4n) is 1.08. The number of nitrogens with two attached hydrogens (primary N) is 2. The fourth-order valence-corrected chi connectivity index (χ4v) is 1.08. The number of hydrogen-bond acceptors (Lipinski definition) is 7. The van der Waals surface area contributed by atoms with E-state index >= 15 is 0 Å². The summed E-state index contributed by atoms with van der Waals surface area (Å²) >= 11 is 0. The molecule has 0 aliphatic carbocycles. The average molecular weight is 226 g/mol. The number of likely N-dealkylation sites (N-methyl/N-ethyl adjacent to an activating group) is 1. The summed E-state index contributed by atoms with van der Waals surface area (Å²) < 4.78 is 5.40. The monoisotopic (exact) mass is 226 g/mol. The van der Waals surface area contributed by atoms with Crippen LogP contribution in [0.5, 0.6) is 5.88 Å². The van der Waals surface area contributed by atoms with E-state index in [9.17, 15) is 0 Å². The van der Waals surface area contributed by atoms with Crippen molar-refractivity contribution in [2.24, 2.45) is 0 Å². The maximum Gasteiger partial charge on any atom is 0.244 e. The molecule has 7 heteroatoms. The molecular weight excluding hydrogens is 208 g/mol. The zero-order valence-corrected chi connectivity index (χ0v) is 9.58. The quantitative estimate of drug-likeness (QED) is 0.491. The van der Waals surface area contributed by atoms with E-state index < -0.39 is 0 Å². The minimum absolute atomic E-state index is 0.220. The zero-order valence-electron chi connectivity index (χ0n) is 9.58. The molecule has 0 aliphatic rings. The van der Waals surface area contributed by atoms with Gasteiger partial charge in [0.15, 0.2) is 5.82 Å². The van der Waals surface area contributed by atoms with Crippen LogP contribution in [0.3, 0.4) is 0 Å². The first-order chi connectivity index (χ1) is 7.69. The molecule has 6 N–H and O–H groups in total. The van der Waals surface area contributed by atoms with Crippen LogP contribution in [0.2, 0.25) is 0 Å². The van der Waals surface area contributed by atoms with Crippen molar-refractivity contribution in [3.8, 4) is 5.88 Å². The molecule has 0 radical (unpaired) electrons. The van der Waals surface area contributed by atoms with Crippen LogP contribution in [-0.2, 0) is 0 Å². The summed E-state index contributed by atoms with van der Waals surface area (Å²) in [7, 11) is 1.70. The molecule has 0 atom stereocenters. The maximum atomic E-state index is 5.70. The second kappa shape index (κ2) is 5.96. The van der Waals surface area contributed by atoms with Crippen LogP contribution in [0.15, 0.2) is 0 Å². The standard InChI is InChI=1S/C9H18N6O/c1-3-13-4-5-16-8-6(10)7(11)14-9(12-2)15-8/h13H,3-5,10H2,1-2H3,(H3,11,12,14,15). The number of nitrogens with zero attached hydrogens (tertiary/aromatic N) is 2. The maximum absolute atomic E-state index is 5.70. The normalized spacial score (nSPS) is 10.1. The van der Waals surface area contributed by atoms with Gasteiger partial charge in [0, 0.05) is 13.6 Å². The lowest BCUT2D eigenvalue weighted by Crippen LogP contribution is -2.21. The SMILES string of the molecule is CCNCCOc1nc(NC)nc(N)c1N. The van der Waals surface area contributed by atoms with Gasteiger partial charge in [0.25, 0.3) is 0 Å². The van der Waals surface area contributed by atoms with Gasteiger partial charge < -0.3 is 26.8 Å². The summed E-state index contributed by atoms with van der Waals surface area (Å²) in [5.74, 6) is 0.928. The Morgan fingerprint density at radius 2 is 2.06 bits per heavy atom. The van der Waals surface area contributed by atoms with Gasteiger partial charge in [-0.25, -0.2) is 0 Å². The van der Waals surface area contributed by atoms with Crippen molar-refractivity contribution >= 4 is 17.5 Å². The zero-order chi connectivity index (χ0) is 12.0. The molecule has 0 aliphatic heterocycles. The van der Waals surface area contributed by atoms with E-state index in [1.165, 1.54) is 0 Å². The van der Waals surface area contributed by atoms with Gasteiger partial charge in [0.2, 0.25) is 11.8 Å². The Hall–Kier alpha value is -1.76. The van der Waals surface area contributed by atoms with Crippen molar-refractivity contribution in [3.63, 3.8) is 0 Å². The predicted molar refractivity (Wildman–Crippen MR) is 64.4 cm³/mol. The van der Waals surface area contributed by atoms with Gasteiger partial charge in [-0.1, -0.05) is 6.92 Å². The summed E-state index contributed by atoms with van der Waals surface area (Å²) in [4.78, 5) is 8.00. The second-order valence-corrected chi connectivity index (χ2v) is 3.10. The van der Waals surface area contributed by atoms with Gasteiger partial charge in [-0.15, -0.1) is 0 Å². The molecule has 16 heavy (non-hydrogen) atoms. The molecule has 0 unspecified atom stereocenters. The molecule has 0 fully saturated rings. The van der Waals surface area contributed by atoms with E-state index in [4.69, 9.17) is 16.2 Å². The van der Waals surface area contributed by atoms with Crippen LogP contribution in [0, 0.1) is 0 Å². The van der Waals surface area contributed by atoms with Crippen LogP contribution in [-0.4, -0.2) is 36.7 Å². The summed E-state index contributed by atoms with van der Waals surface area (Å²) in [6, 6.07) is 0. The van der Waals surface area contributed by atoms with Gasteiger partial charge in [0.05, 0.1) is 0 Å². The Labute approximate surface area is 94.6 Å². The van der Waals surface area contributed by atoms with Crippen LogP contribution in [0.25, 0.3) is 0 Å². The van der Waals surface area contributed by atoms with Crippen molar-refractivity contribution in [1.82, 2.24) is 15.3 Å². The number of hydrogen-bond donors (Lipinski definition) is 4. The number of aromatic nitrogens is 2. The smallest absolute Gasteiger partial charge is 0.244 e. The van der Waals surface area contributed by atoms with Crippen molar-refractivity contribution < 1.29 is 4.74 Å². The summed E-state index contributed by atoms with van der Waals surface area (Å²) in [5.41, 5.74) is 11.6. The molecule has 0 saturated carbocycles. The van der Waals surface area contributed by atoms with Gasteiger partial charge >= 0.3 is 0 Å². The third-order valence-corrected chi connectivity index (χ3v) is 1.93. The Kier molecular flexibility index (Phi) is 4.59. The third-order valence-electron chi connectivity index (χ3n) is 1.93. The number of nitrogens with one attached hydrogen (secondary N) is 2. The number of ether oxygens (including phenoxy) is 1. The number of anilines is 3. The Morgan fingerprint density at radius 3 is 2.69 bits per heavy atom. The largest absolute Gasteiger partial charge is 0.475 e. The molecule has 7 nitrogen and oxygen atoms in total. The van der Waals surface area contributed by atoms with E-state index in [-0.39, 0.29) is 11.5 Å². The molecule has 1 aromatic heterocycles. The summed E-state index contributed by atoms with van der Waals surface area (Å²) in [6.45, 7) is 4.13. The highest BCUT2D eigenvalue weighted by Gasteiger charge is 2.09. The van der Waals surface area contributed by atoms with Crippen LogP contribution in [0.4, 0.5) is 17.5 Å². The van der Waals surface area contributed by atoms with E-state index in [0.717, 1.165) is 13.1 Å². The Morgan fingerprint density at radius 1 is 1.31 bits per heavy atom. The lowest BCUT2D eigenvalue weighted by Gasteiger charge is -2.10. The second-order valence-electron chi connectivity index (χ2n) is 3.10. The average Bonchev–Trinajstić information content (AvgIpc) is 2.29. The summed E-state index contributed by atoms with van der Waals surface area (Å²) in [5, 5.41) is 5.91. The van der Waals surface area contributed by atoms with Crippen molar-refractivity contribution in [3.05, 3.63) is 0 Å². The Bertz CT molecular complexity index is 343. The first kappa shape index (κ1) is 12.3. The summed E-state index contributed by atoms with van der Waals surface area (Å²) in [6.07, 6.45) is 0. The highest BCUT2D eigenvalue weighted by Crippen LogP contribution is 2.24. The molecule has 0 spiro atoms. The lowest BCUT2D eigenvalue weighted by atomic mass is 10.4. The van der Waals surface area contributed by atoms with Crippen molar-refractivity contribution in [1.29, 1.82) is 0 Å². The minimum atomic E-state index is 0.220. The number of rotatable bonds is 6. The molecule has 0 saturated heterocycles. The van der Waals surface area contributed by atoms with Crippen molar-refractivity contribution in [2.45, 2.75) is 6.92 Å². The van der Waals surface area contributed by atoms with Gasteiger partial charge in [-0.3, -0.25) is 0 Å². The topological polar surface area (TPSA) is 111 Å². The lowest BCUT2D eigenvalue weighted by molar-refractivity contribution is 0.305. The fraction of sp³-hybridized carbons (Fsp3) is 0.556. The first-order valence-electron chi connectivity index (χ1n) is 5.13. The molecule has 1 rings (SSSR count). The number of nitrogen functional groups attached to an aromatic ring is 2. The predicted octanol–water partition coefficient (Wildman–Crippen LogP) is -0.329. The van der Waals surface area contributed by atoms with Crippen LogP contribution < -0.4 is 26.8 Å². The Balaban J connectivity index is 2.66. The van der Waals surface area contributed by atoms with Gasteiger partial charge in [-0.05, 0) is 6.54 Å². The molecule has 90 valence electrons. The van der Waals surface area contributed by atoms with E-state index in [1.807, 2.05) is 6.92 Å². The highest BCUT2D eigenvalue weighted by molar-refractivity contribution is 5.66. The van der Waals surface area contributed by atoms with E-state index in [1.54, 1.807) is 7.05 Å².